The second-order valence-corrected chi connectivity index (χ2v) is 24.0. The van der Waals surface area contributed by atoms with Gasteiger partial charge in [-0.2, -0.15) is 0 Å². The van der Waals surface area contributed by atoms with E-state index in [1.54, 1.807) is 0 Å². The second-order valence-electron chi connectivity index (χ2n) is 24.0. The highest BCUT2D eigenvalue weighted by molar-refractivity contribution is 7.03. The van der Waals surface area contributed by atoms with E-state index in [1.807, 2.05) is 174 Å². The third kappa shape index (κ3) is 7.30. The molecule has 8 heteroatoms. The summed E-state index contributed by atoms with van der Waals surface area (Å²) >= 11 is 0. The van der Waals surface area contributed by atoms with Crippen LogP contribution in [0.15, 0.2) is 279 Å². The van der Waals surface area contributed by atoms with Crippen LogP contribution in [-0.4, -0.2) is 18.0 Å². The maximum Gasteiger partial charge on any atom is 0.270 e. The summed E-state index contributed by atoms with van der Waals surface area (Å²) in [5, 5.41) is -0.631. The van der Waals surface area contributed by atoms with Gasteiger partial charge in [0, 0.05) is 83.9 Å². The Morgan fingerprint density at radius 3 is 1.29 bits per heavy atom. The second kappa shape index (κ2) is 19.1. The first kappa shape index (κ1) is 36.2. The number of anilines is 6. The number of benzene rings is 13. The van der Waals surface area contributed by atoms with Crippen molar-refractivity contribution >= 4 is 102 Å². The van der Waals surface area contributed by atoms with E-state index >= 15 is 0 Å². The van der Waals surface area contributed by atoms with Crippen molar-refractivity contribution in [1.82, 2.24) is 4.57 Å². The summed E-state index contributed by atoms with van der Waals surface area (Å²) in [6.45, 7) is 3.41. The molecule has 0 saturated heterocycles. The van der Waals surface area contributed by atoms with Crippen LogP contribution in [0.2, 0.25) is 0 Å². The van der Waals surface area contributed by atoms with E-state index in [0.717, 1.165) is 15.7 Å². The third-order valence-corrected chi connectivity index (χ3v) is 18.1. The fourth-order valence-corrected chi connectivity index (χ4v) is 14.2. The fourth-order valence-electron chi connectivity index (χ4n) is 14.2. The standard InChI is InChI=1S/C82H55B2N3O3/c1-82(2,3)54-46-66-74-67(47-54)87(80-58(52-28-12-6-13-29-52)36-21-37-59(80)53-30-14-7-15-31-53)68-49-73-78-81(90-72-43-23-41-70-77(72)84(78)76-69(88-70)40-22-42-71(76)89-73)75(68)83(74)62-45-44-55(85-63-38-18-16-32-60(63)61-33-17-19-39-64(61)85)48-65(62)86(66)79-56(50-24-8-4-9-25-50)34-20-35-57(79)51-26-10-5-11-27-51/h4-49H,1-3H3/i16D,17D,18D,19D,22D,23D,32D,33D,38D,39D,40D,41D,42D,43D,44D,45D,48D,49D. The Balaban J connectivity index is 1.07. The van der Waals surface area contributed by atoms with Gasteiger partial charge >= 0.3 is 0 Å². The lowest BCUT2D eigenvalue weighted by molar-refractivity contribution is 0.444. The van der Waals surface area contributed by atoms with Crippen LogP contribution in [0.4, 0.5) is 34.1 Å². The van der Waals surface area contributed by atoms with Crippen LogP contribution in [0.3, 0.4) is 0 Å². The fraction of sp³-hybridized carbons (Fsp3) is 0.0488. The first-order chi connectivity index (χ1) is 51.8. The Morgan fingerprint density at radius 1 is 0.367 bits per heavy atom. The van der Waals surface area contributed by atoms with Crippen LogP contribution in [0.5, 0.6) is 34.5 Å². The molecule has 13 aromatic carbocycles. The molecule has 6 nitrogen and oxygen atoms in total. The van der Waals surface area contributed by atoms with Crippen molar-refractivity contribution in [1.29, 1.82) is 0 Å². The molecule has 0 radical (unpaired) electrons. The van der Waals surface area contributed by atoms with Crippen molar-refractivity contribution in [3.05, 3.63) is 284 Å². The van der Waals surface area contributed by atoms with Gasteiger partial charge < -0.3 is 28.6 Å². The molecule has 422 valence electrons. The first-order valence-electron chi connectivity index (χ1n) is 38.8. The number of para-hydroxylation sites is 4. The van der Waals surface area contributed by atoms with Gasteiger partial charge in [-0.3, -0.25) is 0 Å². The Labute approximate surface area is 548 Å². The van der Waals surface area contributed by atoms with Crippen LogP contribution >= 0.6 is 0 Å². The molecule has 1 aromatic heterocycles. The quantitative estimate of drug-likeness (QED) is 0.149. The van der Waals surface area contributed by atoms with Gasteiger partial charge in [0.2, 0.25) is 0 Å². The number of rotatable bonds is 7. The van der Waals surface area contributed by atoms with Gasteiger partial charge in [0.1, 0.15) is 34.5 Å². The molecule has 0 saturated carbocycles. The average Bonchev–Trinajstić information content (AvgIpc) is 0.743. The Morgan fingerprint density at radius 2 is 0.811 bits per heavy atom. The third-order valence-electron chi connectivity index (χ3n) is 18.1. The normalized spacial score (nSPS) is 16.3. The van der Waals surface area contributed by atoms with Gasteiger partial charge in [0.15, 0.2) is 0 Å². The Hall–Kier alpha value is -11.2. The predicted octanol–water partition coefficient (Wildman–Crippen LogP) is 17.7. The van der Waals surface area contributed by atoms with Crippen molar-refractivity contribution < 1.29 is 38.9 Å². The van der Waals surface area contributed by atoms with Crippen molar-refractivity contribution in [3.63, 3.8) is 0 Å². The molecule has 0 N–H and O–H groups in total. The number of hydrogen-bond acceptors (Lipinski definition) is 5. The Bertz CT molecular complexity index is 6250. The van der Waals surface area contributed by atoms with E-state index in [1.165, 1.54) is 0 Å². The molecule has 90 heavy (non-hydrogen) atoms. The number of aromatic nitrogens is 1. The van der Waals surface area contributed by atoms with Crippen LogP contribution in [0.25, 0.3) is 72.0 Å². The summed E-state index contributed by atoms with van der Waals surface area (Å²) in [6.07, 6.45) is 0. The zero-order valence-electron chi connectivity index (χ0n) is 66.4. The van der Waals surface area contributed by atoms with E-state index in [4.69, 9.17) is 17.0 Å². The van der Waals surface area contributed by atoms with E-state index in [-0.39, 0.29) is 101 Å². The van der Waals surface area contributed by atoms with Gasteiger partial charge in [0.05, 0.1) is 47.1 Å². The predicted molar refractivity (Wildman–Crippen MR) is 373 cm³/mol. The van der Waals surface area contributed by atoms with Gasteiger partial charge in [-0.05, 0) is 110 Å². The molecular weight excluding hydrogens is 1100 g/mol. The molecule has 0 amide bonds. The number of nitrogens with zero attached hydrogens (tertiary/aromatic N) is 3. The van der Waals surface area contributed by atoms with Gasteiger partial charge in [-0.1, -0.05) is 233 Å². The maximum absolute atomic E-state index is 11.6. The zero-order chi connectivity index (χ0) is 75.2. The van der Waals surface area contributed by atoms with E-state index in [2.05, 4.69) is 26.8 Å². The van der Waals surface area contributed by atoms with Crippen molar-refractivity contribution in [2.45, 2.75) is 26.2 Å². The molecule has 5 aliphatic heterocycles. The van der Waals surface area contributed by atoms with Crippen molar-refractivity contribution in [2.24, 2.45) is 0 Å². The van der Waals surface area contributed by atoms with Crippen LogP contribution in [0.1, 0.15) is 51.0 Å². The average molecular weight is 1170 g/mol. The van der Waals surface area contributed by atoms with Gasteiger partial charge in [0.25, 0.3) is 13.4 Å². The molecule has 0 bridgehead atoms. The minimum atomic E-state index is -1.47. The first-order valence-corrected chi connectivity index (χ1v) is 29.8. The summed E-state index contributed by atoms with van der Waals surface area (Å²) in [7, 11) is 0. The molecule has 6 heterocycles. The lowest BCUT2D eigenvalue weighted by Crippen LogP contribution is -2.65. The number of ether oxygens (including phenoxy) is 3. The van der Waals surface area contributed by atoms with E-state index in [0.29, 0.717) is 67.2 Å². The highest BCUT2D eigenvalue weighted by atomic mass is 16.5. The lowest BCUT2D eigenvalue weighted by Gasteiger charge is -2.48. The number of fused-ring (bicyclic) bond motifs is 8. The number of hydrogen-bond donors (Lipinski definition) is 0. The molecule has 14 aromatic rings. The van der Waals surface area contributed by atoms with E-state index in [9.17, 15) is 21.9 Å². The summed E-state index contributed by atoms with van der Waals surface area (Å²) in [4.78, 5) is 3.92. The molecular formula is C82H55B2N3O3. The monoisotopic (exact) mass is 1170 g/mol. The Kier molecular flexibility index (Phi) is 7.70. The minimum absolute atomic E-state index is 0.0389. The molecule has 0 spiro atoms. The lowest BCUT2D eigenvalue weighted by atomic mass is 9.30. The molecule has 0 aliphatic carbocycles. The summed E-state index contributed by atoms with van der Waals surface area (Å²) in [6, 6.07) is 43.5. The summed E-state index contributed by atoms with van der Waals surface area (Å²) < 4.78 is 200. The molecule has 19 rings (SSSR count). The summed E-state index contributed by atoms with van der Waals surface area (Å²) in [5.41, 5.74) is 6.79. The van der Waals surface area contributed by atoms with Crippen LogP contribution in [-0.2, 0) is 5.41 Å². The van der Waals surface area contributed by atoms with Crippen molar-refractivity contribution in [3.8, 4) is 84.7 Å². The van der Waals surface area contributed by atoms with Crippen LogP contribution < -0.4 is 56.8 Å². The van der Waals surface area contributed by atoms with Crippen LogP contribution in [0, 0.1) is 0 Å². The van der Waals surface area contributed by atoms with Crippen molar-refractivity contribution in [2.75, 3.05) is 9.80 Å². The van der Waals surface area contributed by atoms with Gasteiger partial charge in [-0.15, -0.1) is 0 Å². The molecule has 0 unspecified atom stereocenters. The topological polar surface area (TPSA) is 39.1 Å². The minimum Gasteiger partial charge on any atom is -0.459 e. The molecule has 0 fully saturated rings. The molecule has 0 atom stereocenters. The smallest absolute Gasteiger partial charge is 0.270 e. The largest absolute Gasteiger partial charge is 0.459 e. The van der Waals surface area contributed by atoms with E-state index < -0.39 is 127 Å². The maximum atomic E-state index is 11.6. The molecule has 5 aliphatic rings. The highest BCUT2D eigenvalue weighted by Gasteiger charge is 2.53. The highest BCUT2D eigenvalue weighted by Crippen LogP contribution is 2.56. The zero-order valence-corrected chi connectivity index (χ0v) is 48.4. The SMILES string of the molecule is [2H]c1c([2H])c2c3c(c1[2H])Oc1c([2H])c4c(c5c1B3c1c(c([2H])c([2H])c([2H])c1O5)O2)B1c2c(cc(C(C)(C)C)cc2N4c2c(-c3ccccc3)cccc2-c2ccccc2)N(c2c(-c3ccccc3)cccc2-c2ccccc2)c2c([2H])c(-n3c4c([2H])c([2H])c([2H])c([2H])c4c4c([2H])c([2H])c([2H])c([2H])c43)c([2H])c([2H])c21. The summed E-state index contributed by atoms with van der Waals surface area (Å²) in [5.74, 6) is -1.23. The van der Waals surface area contributed by atoms with Gasteiger partial charge in [-0.25, -0.2) is 0 Å².